The van der Waals surface area contributed by atoms with Gasteiger partial charge in [0.2, 0.25) is 11.5 Å². The van der Waals surface area contributed by atoms with E-state index in [0.29, 0.717) is 24.7 Å². The molecule has 0 saturated carbocycles. The van der Waals surface area contributed by atoms with Crippen LogP contribution in [0.4, 0.5) is 0 Å². The van der Waals surface area contributed by atoms with Crippen LogP contribution in [0.2, 0.25) is 0 Å². The lowest BCUT2D eigenvalue weighted by molar-refractivity contribution is 0.273. The molecule has 0 amide bonds. The number of methoxy groups -OCH3 is 2. The molecule has 4 nitrogen and oxygen atoms in total. The molecule has 1 rings (SSSR count). The molecule has 0 aromatic heterocycles. The standard InChI is InChI=1S/C18H28O4/c1-8-21-15-13(5)14(11-10-12(3)4)16(22-9-2)18(20-7)17(15)19-6/h10H,8-9,11H2,1-7H3. The third-order valence-corrected chi connectivity index (χ3v) is 3.39. The van der Waals surface area contributed by atoms with Crippen LogP contribution in [0.1, 0.15) is 38.8 Å². The van der Waals surface area contributed by atoms with Crippen molar-refractivity contribution in [3.05, 3.63) is 22.8 Å². The van der Waals surface area contributed by atoms with Gasteiger partial charge in [-0.3, -0.25) is 0 Å². The molecule has 0 unspecified atom stereocenters. The van der Waals surface area contributed by atoms with Gasteiger partial charge in [-0.05, 0) is 41.0 Å². The fourth-order valence-corrected chi connectivity index (χ4v) is 2.36. The largest absolute Gasteiger partial charge is 0.490 e. The summed E-state index contributed by atoms with van der Waals surface area (Å²) in [5.74, 6) is 2.64. The van der Waals surface area contributed by atoms with Gasteiger partial charge >= 0.3 is 0 Å². The van der Waals surface area contributed by atoms with Crippen LogP contribution in [0.15, 0.2) is 11.6 Å². The molecular weight excluding hydrogens is 280 g/mol. The SMILES string of the molecule is CCOc1c(C)c(CC=C(C)C)c(OCC)c(OC)c1OC. The Kier molecular flexibility index (Phi) is 7.09. The van der Waals surface area contributed by atoms with Gasteiger partial charge in [0.15, 0.2) is 11.5 Å². The van der Waals surface area contributed by atoms with Crippen LogP contribution in [0, 0.1) is 6.92 Å². The maximum atomic E-state index is 5.86. The van der Waals surface area contributed by atoms with Crippen molar-refractivity contribution in [3.8, 4) is 23.0 Å². The molecule has 0 bridgehead atoms. The predicted octanol–water partition coefficient (Wildman–Crippen LogP) is 4.32. The Morgan fingerprint density at radius 1 is 0.864 bits per heavy atom. The van der Waals surface area contributed by atoms with Gasteiger partial charge in [-0.2, -0.15) is 0 Å². The molecule has 0 aliphatic carbocycles. The minimum absolute atomic E-state index is 0.564. The normalized spacial score (nSPS) is 10.1. The van der Waals surface area contributed by atoms with Crippen LogP contribution < -0.4 is 18.9 Å². The summed E-state index contributed by atoms with van der Waals surface area (Å²) >= 11 is 0. The van der Waals surface area contributed by atoms with Gasteiger partial charge in [-0.1, -0.05) is 11.6 Å². The van der Waals surface area contributed by atoms with E-state index >= 15 is 0 Å². The summed E-state index contributed by atoms with van der Waals surface area (Å²) in [6, 6.07) is 0. The molecule has 0 heterocycles. The molecule has 0 atom stereocenters. The molecule has 0 fully saturated rings. The van der Waals surface area contributed by atoms with E-state index < -0.39 is 0 Å². The van der Waals surface area contributed by atoms with Gasteiger partial charge in [-0.15, -0.1) is 0 Å². The van der Waals surface area contributed by atoms with E-state index in [1.807, 2.05) is 20.8 Å². The van der Waals surface area contributed by atoms with Crippen molar-refractivity contribution in [3.63, 3.8) is 0 Å². The van der Waals surface area contributed by atoms with E-state index in [-0.39, 0.29) is 0 Å². The van der Waals surface area contributed by atoms with Gasteiger partial charge in [0.25, 0.3) is 0 Å². The van der Waals surface area contributed by atoms with Gasteiger partial charge in [0.1, 0.15) is 0 Å². The summed E-state index contributed by atoms with van der Waals surface area (Å²) in [4.78, 5) is 0. The highest BCUT2D eigenvalue weighted by molar-refractivity contribution is 5.67. The lowest BCUT2D eigenvalue weighted by Crippen LogP contribution is -2.07. The molecule has 0 aliphatic rings. The highest BCUT2D eigenvalue weighted by atomic mass is 16.5. The second-order valence-electron chi connectivity index (χ2n) is 5.18. The van der Waals surface area contributed by atoms with Crippen LogP contribution in [-0.4, -0.2) is 27.4 Å². The Hall–Kier alpha value is -1.84. The minimum atomic E-state index is 0.564. The first-order valence-electron chi connectivity index (χ1n) is 7.68. The number of hydrogen-bond donors (Lipinski definition) is 0. The molecular formula is C18H28O4. The molecule has 1 aromatic rings. The smallest absolute Gasteiger partial charge is 0.207 e. The van der Waals surface area contributed by atoms with Crippen molar-refractivity contribution in [2.24, 2.45) is 0 Å². The molecule has 0 radical (unpaired) electrons. The lowest BCUT2D eigenvalue weighted by Gasteiger charge is -2.22. The quantitative estimate of drug-likeness (QED) is 0.670. The van der Waals surface area contributed by atoms with Crippen LogP contribution >= 0.6 is 0 Å². The summed E-state index contributed by atoms with van der Waals surface area (Å²) in [5.41, 5.74) is 3.36. The maximum Gasteiger partial charge on any atom is 0.207 e. The summed E-state index contributed by atoms with van der Waals surface area (Å²) < 4.78 is 22.7. The Labute approximate surface area is 134 Å². The van der Waals surface area contributed by atoms with Crippen LogP contribution in [-0.2, 0) is 6.42 Å². The minimum Gasteiger partial charge on any atom is -0.490 e. The van der Waals surface area contributed by atoms with Crippen molar-refractivity contribution in [2.75, 3.05) is 27.4 Å². The molecule has 0 spiro atoms. The van der Waals surface area contributed by atoms with Gasteiger partial charge in [0, 0.05) is 11.1 Å². The van der Waals surface area contributed by atoms with E-state index in [4.69, 9.17) is 18.9 Å². The van der Waals surface area contributed by atoms with Crippen LogP contribution in [0.5, 0.6) is 23.0 Å². The first-order valence-corrected chi connectivity index (χ1v) is 7.68. The van der Waals surface area contributed by atoms with E-state index in [9.17, 15) is 0 Å². The Balaban J connectivity index is 3.62. The number of hydrogen-bond acceptors (Lipinski definition) is 4. The zero-order valence-electron chi connectivity index (χ0n) is 14.8. The van der Waals surface area contributed by atoms with Crippen molar-refractivity contribution in [1.29, 1.82) is 0 Å². The second kappa shape index (κ2) is 8.57. The van der Waals surface area contributed by atoms with E-state index in [1.54, 1.807) is 14.2 Å². The zero-order chi connectivity index (χ0) is 16.7. The topological polar surface area (TPSA) is 36.9 Å². The lowest BCUT2D eigenvalue weighted by atomic mass is 10.00. The summed E-state index contributed by atoms with van der Waals surface area (Å²) in [6.45, 7) is 11.2. The molecule has 0 aliphatic heterocycles. The number of rotatable bonds is 8. The van der Waals surface area contributed by atoms with E-state index in [2.05, 4.69) is 19.9 Å². The van der Waals surface area contributed by atoms with E-state index in [1.165, 1.54) is 5.57 Å². The summed E-state index contributed by atoms with van der Waals surface area (Å²) in [5, 5.41) is 0. The highest BCUT2D eigenvalue weighted by Gasteiger charge is 2.25. The fourth-order valence-electron chi connectivity index (χ4n) is 2.36. The third-order valence-electron chi connectivity index (χ3n) is 3.39. The molecule has 22 heavy (non-hydrogen) atoms. The second-order valence-corrected chi connectivity index (χ2v) is 5.18. The maximum absolute atomic E-state index is 5.86. The zero-order valence-corrected chi connectivity index (χ0v) is 14.8. The Morgan fingerprint density at radius 3 is 1.82 bits per heavy atom. The van der Waals surface area contributed by atoms with Crippen molar-refractivity contribution < 1.29 is 18.9 Å². The summed E-state index contributed by atoms with van der Waals surface area (Å²) in [6.07, 6.45) is 2.94. The number of ether oxygens (including phenoxy) is 4. The number of benzene rings is 1. The molecule has 0 saturated heterocycles. The Morgan fingerprint density at radius 2 is 1.36 bits per heavy atom. The fraction of sp³-hybridized carbons (Fsp3) is 0.556. The van der Waals surface area contributed by atoms with Crippen LogP contribution in [0.3, 0.4) is 0 Å². The van der Waals surface area contributed by atoms with Gasteiger partial charge in [0.05, 0.1) is 27.4 Å². The molecule has 0 N–H and O–H groups in total. The molecule has 1 aromatic carbocycles. The van der Waals surface area contributed by atoms with Gasteiger partial charge in [-0.25, -0.2) is 0 Å². The Bertz CT molecular complexity index is 529. The highest BCUT2D eigenvalue weighted by Crippen LogP contribution is 2.49. The van der Waals surface area contributed by atoms with Gasteiger partial charge < -0.3 is 18.9 Å². The van der Waals surface area contributed by atoms with Crippen molar-refractivity contribution in [1.82, 2.24) is 0 Å². The summed E-state index contributed by atoms with van der Waals surface area (Å²) in [7, 11) is 3.24. The van der Waals surface area contributed by atoms with Crippen molar-refractivity contribution >= 4 is 0 Å². The monoisotopic (exact) mass is 308 g/mol. The predicted molar refractivity (Wildman–Crippen MR) is 89.8 cm³/mol. The molecule has 124 valence electrons. The first-order chi connectivity index (χ1) is 10.5. The third kappa shape index (κ3) is 3.87. The first kappa shape index (κ1) is 18.2. The van der Waals surface area contributed by atoms with Crippen molar-refractivity contribution in [2.45, 2.75) is 41.0 Å². The average molecular weight is 308 g/mol. The van der Waals surface area contributed by atoms with E-state index in [0.717, 1.165) is 29.0 Å². The number of allylic oxidation sites excluding steroid dienone is 2. The molecule has 4 heteroatoms. The van der Waals surface area contributed by atoms with Crippen LogP contribution in [0.25, 0.3) is 0 Å². The average Bonchev–Trinajstić information content (AvgIpc) is 2.49.